The van der Waals surface area contributed by atoms with Gasteiger partial charge < -0.3 is 5.73 Å². The van der Waals surface area contributed by atoms with Gasteiger partial charge in [0.15, 0.2) is 0 Å². The van der Waals surface area contributed by atoms with E-state index in [9.17, 15) is 0 Å². The Kier molecular flexibility index (Phi) is 10.5. The molecule has 5 rings (SSSR count). The first-order valence-corrected chi connectivity index (χ1v) is 23.3. The number of nitrogens with one attached hydrogen (secondary N) is 2. The number of benzene rings is 2. The van der Waals surface area contributed by atoms with Gasteiger partial charge in [-0.15, -0.1) is 0 Å². The molecule has 48 heavy (non-hydrogen) atoms. The van der Waals surface area contributed by atoms with Gasteiger partial charge in [-0.05, 0) is 5.56 Å². The van der Waals surface area contributed by atoms with Crippen LogP contribution in [-0.4, -0.2) is 37.0 Å². The van der Waals surface area contributed by atoms with Crippen LogP contribution in [0.1, 0.15) is 22.5 Å². The number of allylic oxidation sites excluding steroid dienone is 7. The van der Waals surface area contributed by atoms with Crippen LogP contribution < -0.4 is 0 Å². The van der Waals surface area contributed by atoms with Gasteiger partial charge in [0.25, 0.3) is 0 Å². The zero-order valence-electron chi connectivity index (χ0n) is 28.1. The summed E-state index contributed by atoms with van der Waals surface area (Å²) in [5.41, 5.74) is 24.8. The van der Waals surface area contributed by atoms with Gasteiger partial charge >= 0.3 is 211 Å². The van der Waals surface area contributed by atoms with Crippen LogP contribution in [0.4, 0.5) is 0 Å². The third-order valence-corrected chi connectivity index (χ3v) is 9.30. The molecule has 0 radical (unpaired) electrons. The number of aromatic nitrogens is 1. The average molecular weight is 702 g/mol. The third kappa shape index (κ3) is 8.57. The Labute approximate surface area is 294 Å². The molecule has 2 N–H and O–H groups in total. The summed E-state index contributed by atoms with van der Waals surface area (Å²) in [6.07, 6.45) is 9.34. The molecular formula is C41H38CoN4Si2-2. The van der Waals surface area contributed by atoms with Crippen molar-refractivity contribution in [3.05, 3.63) is 155 Å². The summed E-state index contributed by atoms with van der Waals surface area (Å²) in [7, 11) is -3.31. The molecule has 0 bridgehead atoms. The molecule has 241 valence electrons. The number of nitrogens with zero attached hydrogens (tertiary/aromatic N) is 2. The molecule has 3 heterocycles. The Morgan fingerprint density at radius 1 is 0.708 bits per heavy atom. The maximum absolute atomic E-state index is 8.61. The average Bonchev–Trinajstić information content (AvgIpc) is 3.84. The Hall–Kier alpha value is -4.77. The van der Waals surface area contributed by atoms with Gasteiger partial charge in [0.1, 0.15) is 0 Å². The van der Waals surface area contributed by atoms with E-state index in [2.05, 4.69) is 79.3 Å². The summed E-state index contributed by atoms with van der Waals surface area (Å²) in [6, 6.07) is 24.0. The third-order valence-electron chi connectivity index (χ3n) is 7.15. The molecule has 0 spiro atoms. The van der Waals surface area contributed by atoms with Gasteiger partial charge in [0.2, 0.25) is 0 Å². The predicted octanol–water partition coefficient (Wildman–Crippen LogP) is 9.44. The van der Waals surface area contributed by atoms with Crippen molar-refractivity contribution in [2.45, 2.75) is 39.3 Å². The van der Waals surface area contributed by atoms with E-state index in [1.54, 1.807) is 0 Å². The van der Waals surface area contributed by atoms with Crippen LogP contribution in [-0.2, 0) is 15.3 Å². The van der Waals surface area contributed by atoms with Gasteiger partial charge in [-0.3, -0.25) is 18.4 Å². The molecule has 2 aliphatic heterocycles. The SMILES string of the molecule is [CH-]=C/C([NH-])=C(\c1ccccc1)c1ccc(/C(C#C[Si](C)(C)C)=C2/C=CC(C(=C3/C=CC([C](=[Co])C#C[Si](C)(C)C)=N3)/c3ccccc3)=N2)[nH]1. The van der Waals surface area contributed by atoms with Crippen molar-refractivity contribution in [1.82, 2.24) is 4.98 Å². The van der Waals surface area contributed by atoms with E-state index in [1.807, 2.05) is 85.0 Å². The topological polar surface area (TPSA) is 64.3 Å². The van der Waals surface area contributed by atoms with Gasteiger partial charge in [0.05, 0.1) is 0 Å². The van der Waals surface area contributed by atoms with Crippen molar-refractivity contribution in [3.8, 4) is 22.9 Å². The van der Waals surface area contributed by atoms with Crippen molar-refractivity contribution in [2.24, 2.45) is 9.98 Å². The van der Waals surface area contributed by atoms with E-state index in [4.69, 9.17) is 37.6 Å². The molecule has 4 nitrogen and oxygen atoms in total. The van der Waals surface area contributed by atoms with Crippen LogP contribution in [0, 0.1) is 29.5 Å². The molecule has 0 amide bonds. The normalized spacial score (nSPS) is 16.6. The van der Waals surface area contributed by atoms with E-state index in [0.717, 1.165) is 56.5 Å². The van der Waals surface area contributed by atoms with E-state index >= 15 is 0 Å². The molecule has 0 unspecified atom stereocenters. The van der Waals surface area contributed by atoms with Gasteiger partial charge in [-0.2, -0.15) is 0 Å². The summed E-state index contributed by atoms with van der Waals surface area (Å²) in [6.45, 7) is 19.1. The van der Waals surface area contributed by atoms with Crippen LogP contribution in [0.25, 0.3) is 22.5 Å². The predicted molar refractivity (Wildman–Crippen MR) is 207 cm³/mol. The first-order chi connectivity index (χ1) is 22.8. The van der Waals surface area contributed by atoms with Gasteiger partial charge in [0, 0.05) is 0 Å². The summed E-state index contributed by atoms with van der Waals surface area (Å²) in [4.78, 5) is 13.7. The Morgan fingerprint density at radius 3 is 1.88 bits per heavy atom. The van der Waals surface area contributed by atoms with Crippen molar-refractivity contribution >= 4 is 48.7 Å². The van der Waals surface area contributed by atoms with Crippen LogP contribution in [0.15, 0.2) is 130 Å². The summed E-state index contributed by atoms with van der Waals surface area (Å²) < 4.78 is 0.659. The molecule has 2 aliphatic rings. The Bertz CT molecular complexity index is 2120. The van der Waals surface area contributed by atoms with Crippen molar-refractivity contribution in [3.63, 3.8) is 0 Å². The van der Waals surface area contributed by atoms with Crippen molar-refractivity contribution in [2.75, 3.05) is 0 Å². The molecule has 0 aliphatic carbocycles. The van der Waals surface area contributed by atoms with Crippen LogP contribution in [0.5, 0.6) is 0 Å². The van der Waals surface area contributed by atoms with E-state index in [-0.39, 0.29) is 5.70 Å². The summed E-state index contributed by atoms with van der Waals surface area (Å²) >= 11 is 4.76. The Balaban J connectivity index is 1.64. The summed E-state index contributed by atoms with van der Waals surface area (Å²) in [5.74, 6) is 6.72. The minimum atomic E-state index is -1.74. The molecule has 0 fully saturated rings. The second-order valence-corrected chi connectivity index (χ2v) is 23.5. The number of aromatic amines is 1. The molecule has 2 aromatic carbocycles. The molecule has 1 aromatic heterocycles. The van der Waals surface area contributed by atoms with Gasteiger partial charge in [-0.1, -0.05) is 55.5 Å². The second kappa shape index (κ2) is 14.6. The maximum atomic E-state index is 8.61. The standard InChI is InChI=1S/C41H38N4Si2.Co/c1-8-34(42)40(30-16-11-9-12-17-30)37-25-23-35(44-37)33(27-29-47(5,6)7)36-24-26-39(45-36)41(31-18-13-10-14-19-31)38-22-21-32(43-38)20-15-28-46(2,3)4;/h1,8-14,16-19,21-26,42,44H,2-7H3;/q-2;/b36-33-,40-34-,41-38-;. The fraction of sp³-hybridized carbons (Fsp3) is 0.146. The number of rotatable bonds is 7. The van der Waals surface area contributed by atoms with E-state index in [0.29, 0.717) is 10.0 Å². The fourth-order valence-corrected chi connectivity index (χ4v) is 6.26. The monoisotopic (exact) mass is 701 g/mol. The Morgan fingerprint density at radius 2 is 1.25 bits per heavy atom. The number of hydrogen-bond donors (Lipinski definition) is 1. The molecular weight excluding hydrogens is 664 g/mol. The fourth-order valence-electron chi connectivity index (χ4n) is 4.94. The zero-order chi connectivity index (χ0) is 34.5. The number of aliphatic imine (C=N–C) groups is 2. The molecule has 0 saturated heterocycles. The molecule has 7 heteroatoms. The van der Waals surface area contributed by atoms with E-state index < -0.39 is 16.1 Å². The molecule has 0 saturated carbocycles. The van der Waals surface area contributed by atoms with Crippen LogP contribution in [0.3, 0.4) is 0 Å². The van der Waals surface area contributed by atoms with Crippen molar-refractivity contribution in [1.29, 1.82) is 0 Å². The first-order valence-electron chi connectivity index (χ1n) is 15.7. The van der Waals surface area contributed by atoms with Gasteiger partial charge in [-0.25, -0.2) is 0 Å². The number of H-pyrrole nitrogens is 1. The quantitative estimate of drug-likeness (QED) is 0.110. The van der Waals surface area contributed by atoms with E-state index in [1.165, 1.54) is 6.08 Å². The second-order valence-electron chi connectivity index (χ2n) is 13.4. The molecule has 3 aromatic rings. The van der Waals surface area contributed by atoms with Crippen LogP contribution >= 0.6 is 0 Å². The van der Waals surface area contributed by atoms with Crippen LogP contribution in [0.2, 0.25) is 39.3 Å². The summed E-state index contributed by atoms with van der Waals surface area (Å²) in [5, 5.41) is 0. The molecule has 0 atom stereocenters. The minimum absolute atomic E-state index is 0.231. The first kappa shape index (κ1) is 34.6. The number of hydrogen-bond acceptors (Lipinski definition) is 2. The van der Waals surface area contributed by atoms with Crippen molar-refractivity contribution < 1.29 is 15.3 Å². The zero-order valence-corrected chi connectivity index (χ0v) is 31.2.